The average molecular weight is 280 g/mol. The van der Waals surface area contributed by atoms with Gasteiger partial charge in [-0.1, -0.05) is 0 Å². The van der Waals surface area contributed by atoms with E-state index in [0.29, 0.717) is 19.8 Å². The third-order valence-electron chi connectivity index (χ3n) is 3.11. The molecule has 1 aliphatic rings. The zero-order valence-electron chi connectivity index (χ0n) is 11.9. The van der Waals surface area contributed by atoms with Crippen molar-refractivity contribution in [2.24, 2.45) is 0 Å². The van der Waals surface area contributed by atoms with Crippen molar-refractivity contribution in [2.75, 3.05) is 38.3 Å². The van der Waals surface area contributed by atoms with Gasteiger partial charge in [-0.3, -0.25) is 4.79 Å². The Labute approximate surface area is 118 Å². The molecule has 2 heterocycles. The highest BCUT2D eigenvalue weighted by molar-refractivity contribution is 5.70. The van der Waals surface area contributed by atoms with Crippen molar-refractivity contribution >= 4 is 11.8 Å². The average Bonchev–Trinajstić information content (AvgIpc) is 2.48. The summed E-state index contributed by atoms with van der Waals surface area (Å²) < 4.78 is 15.9. The number of nitrogens with zero attached hydrogens (tertiary/aromatic N) is 2. The number of pyridine rings is 1. The van der Waals surface area contributed by atoms with Crippen LogP contribution in [0.1, 0.15) is 13.3 Å². The molecule has 0 aromatic carbocycles. The summed E-state index contributed by atoms with van der Waals surface area (Å²) in [7, 11) is 1.38. The number of carbonyl (C=O) groups is 1. The molecular weight excluding hydrogens is 260 g/mol. The van der Waals surface area contributed by atoms with Crippen LogP contribution >= 0.6 is 0 Å². The van der Waals surface area contributed by atoms with Gasteiger partial charge in [0.1, 0.15) is 0 Å². The van der Waals surface area contributed by atoms with E-state index in [4.69, 9.17) is 9.47 Å². The molecule has 6 nitrogen and oxygen atoms in total. The standard InChI is InChI=1S/C14H20N2O4/c1-3-19-12-5-4-6-15-14(12)16-7-8-20-11(10-16)9-13(17)18-2/h4-6,11H,3,7-10H2,1-2H3. The molecule has 1 aromatic heterocycles. The van der Waals surface area contributed by atoms with E-state index in [2.05, 4.69) is 14.6 Å². The molecule has 0 bridgehead atoms. The van der Waals surface area contributed by atoms with E-state index in [9.17, 15) is 4.79 Å². The topological polar surface area (TPSA) is 60.9 Å². The maximum atomic E-state index is 11.3. The van der Waals surface area contributed by atoms with E-state index in [-0.39, 0.29) is 18.5 Å². The normalized spacial score (nSPS) is 18.7. The number of esters is 1. The van der Waals surface area contributed by atoms with Crippen molar-refractivity contribution in [1.82, 2.24) is 4.98 Å². The minimum absolute atomic E-state index is 0.173. The lowest BCUT2D eigenvalue weighted by Crippen LogP contribution is -2.44. The van der Waals surface area contributed by atoms with Gasteiger partial charge in [-0.25, -0.2) is 4.98 Å². The SMILES string of the molecule is CCOc1cccnc1N1CCOC(CC(=O)OC)C1. The maximum Gasteiger partial charge on any atom is 0.308 e. The van der Waals surface area contributed by atoms with Crippen molar-refractivity contribution in [2.45, 2.75) is 19.4 Å². The Bertz CT molecular complexity index is 453. The molecule has 0 amide bonds. The molecule has 0 N–H and O–H groups in total. The smallest absolute Gasteiger partial charge is 0.308 e. The number of carbonyl (C=O) groups excluding carboxylic acids is 1. The minimum Gasteiger partial charge on any atom is -0.490 e. The highest BCUT2D eigenvalue weighted by Gasteiger charge is 2.25. The van der Waals surface area contributed by atoms with E-state index in [1.54, 1.807) is 6.20 Å². The summed E-state index contributed by atoms with van der Waals surface area (Å²) in [6, 6.07) is 3.75. The Hall–Kier alpha value is -1.82. The minimum atomic E-state index is -0.261. The highest BCUT2D eigenvalue weighted by atomic mass is 16.5. The molecule has 0 spiro atoms. The van der Waals surface area contributed by atoms with Crippen molar-refractivity contribution < 1.29 is 19.0 Å². The van der Waals surface area contributed by atoms with Gasteiger partial charge in [-0.15, -0.1) is 0 Å². The van der Waals surface area contributed by atoms with Crippen LogP contribution in [0, 0.1) is 0 Å². The second-order valence-corrected chi connectivity index (χ2v) is 4.48. The fourth-order valence-electron chi connectivity index (χ4n) is 2.19. The van der Waals surface area contributed by atoms with E-state index >= 15 is 0 Å². The lowest BCUT2D eigenvalue weighted by Gasteiger charge is -2.33. The van der Waals surface area contributed by atoms with E-state index in [1.165, 1.54) is 7.11 Å². The largest absolute Gasteiger partial charge is 0.490 e. The quantitative estimate of drug-likeness (QED) is 0.756. The lowest BCUT2D eigenvalue weighted by molar-refractivity contribution is -0.144. The summed E-state index contributed by atoms with van der Waals surface area (Å²) in [5.41, 5.74) is 0. The van der Waals surface area contributed by atoms with E-state index in [1.807, 2.05) is 19.1 Å². The molecular formula is C14H20N2O4. The molecule has 0 radical (unpaired) electrons. The van der Waals surface area contributed by atoms with Crippen molar-refractivity contribution in [3.63, 3.8) is 0 Å². The second-order valence-electron chi connectivity index (χ2n) is 4.48. The summed E-state index contributed by atoms with van der Waals surface area (Å²) in [6.45, 7) is 4.43. The Morgan fingerprint density at radius 1 is 1.60 bits per heavy atom. The van der Waals surface area contributed by atoms with Crippen molar-refractivity contribution in [1.29, 1.82) is 0 Å². The van der Waals surface area contributed by atoms with Gasteiger partial charge in [0.15, 0.2) is 11.6 Å². The number of aromatic nitrogens is 1. The van der Waals surface area contributed by atoms with Crippen LogP contribution in [-0.4, -0.2) is 50.5 Å². The molecule has 1 unspecified atom stereocenters. The Morgan fingerprint density at radius 3 is 3.20 bits per heavy atom. The van der Waals surface area contributed by atoms with Gasteiger partial charge in [0.25, 0.3) is 0 Å². The van der Waals surface area contributed by atoms with Crippen molar-refractivity contribution in [3.05, 3.63) is 18.3 Å². The van der Waals surface area contributed by atoms with Gasteiger partial charge in [0, 0.05) is 19.3 Å². The number of methoxy groups -OCH3 is 1. The molecule has 1 aliphatic heterocycles. The number of morpholine rings is 1. The first kappa shape index (κ1) is 14.6. The predicted octanol–water partition coefficient (Wildman–Crippen LogP) is 1.25. The highest BCUT2D eigenvalue weighted by Crippen LogP contribution is 2.27. The summed E-state index contributed by atoms with van der Waals surface area (Å²) in [5.74, 6) is 1.30. The van der Waals surface area contributed by atoms with Crippen LogP contribution in [0.15, 0.2) is 18.3 Å². The number of hydrogen-bond donors (Lipinski definition) is 0. The van der Waals surface area contributed by atoms with Gasteiger partial charge in [0.05, 0.1) is 32.8 Å². The molecule has 110 valence electrons. The van der Waals surface area contributed by atoms with Gasteiger partial charge >= 0.3 is 5.97 Å². The molecule has 1 aromatic rings. The predicted molar refractivity (Wildman–Crippen MR) is 74.0 cm³/mol. The van der Waals surface area contributed by atoms with Crippen LogP contribution in [-0.2, 0) is 14.3 Å². The maximum absolute atomic E-state index is 11.3. The molecule has 1 atom stereocenters. The lowest BCUT2D eigenvalue weighted by atomic mass is 10.2. The Kier molecular flexibility index (Phi) is 5.17. The van der Waals surface area contributed by atoms with Crippen LogP contribution in [0.5, 0.6) is 5.75 Å². The monoisotopic (exact) mass is 280 g/mol. The summed E-state index contributed by atoms with van der Waals surface area (Å²) in [4.78, 5) is 17.8. The molecule has 1 fully saturated rings. The molecule has 0 saturated carbocycles. The summed E-state index contributed by atoms with van der Waals surface area (Å²) in [6.07, 6.45) is 1.82. The van der Waals surface area contributed by atoms with E-state index in [0.717, 1.165) is 18.1 Å². The second kappa shape index (κ2) is 7.09. The first-order valence-corrected chi connectivity index (χ1v) is 6.75. The number of rotatable bonds is 5. The van der Waals surface area contributed by atoms with Crippen LogP contribution in [0.2, 0.25) is 0 Å². The zero-order valence-corrected chi connectivity index (χ0v) is 11.9. The van der Waals surface area contributed by atoms with Crippen LogP contribution in [0.3, 0.4) is 0 Å². The van der Waals surface area contributed by atoms with Gasteiger partial charge in [-0.05, 0) is 19.1 Å². The fraction of sp³-hybridized carbons (Fsp3) is 0.571. The summed E-state index contributed by atoms with van der Waals surface area (Å²) in [5, 5.41) is 0. The summed E-state index contributed by atoms with van der Waals surface area (Å²) >= 11 is 0. The third kappa shape index (κ3) is 3.60. The molecule has 0 aliphatic carbocycles. The van der Waals surface area contributed by atoms with Gasteiger partial charge < -0.3 is 19.1 Å². The zero-order chi connectivity index (χ0) is 14.4. The first-order valence-electron chi connectivity index (χ1n) is 6.75. The Morgan fingerprint density at radius 2 is 2.45 bits per heavy atom. The van der Waals surface area contributed by atoms with Gasteiger partial charge in [0.2, 0.25) is 0 Å². The van der Waals surface area contributed by atoms with Crippen LogP contribution in [0.4, 0.5) is 5.82 Å². The fourth-order valence-corrected chi connectivity index (χ4v) is 2.19. The van der Waals surface area contributed by atoms with Crippen LogP contribution < -0.4 is 9.64 Å². The molecule has 20 heavy (non-hydrogen) atoms. The number of anilines is 1. The number of hydrogen-bond acceptors (Lipinski definition) is 6. The molecule has 6 heteroatoms. The third-order valence-corrected chi connectivity index (χ3v) is 3.11. The first-order chi connectivity index (χ1) is 9.74. The number of ether oxygens (including phenoxy) is 3. The molecule has 2 rings (SSSR count). The van der Waals surface area contributed by atoms with Crippen molar-refractivity contribution in [3.8, 4) is 5.75 Å². The van der Waals surface area contributed by atoms with E-state index < -0.39 is 0 Å². The Balaban J connectivity index is 2.06. The van der Waals surface area contributed by atoms with Crippen LogP contribution in [0.25, 0.3) is 0 Å². The molecule has 1 saturated heterocycles. The van der Waals surface area contributed by atoms with Gasteiger partial charge in [-0.2, -0.15) is 0 Å².